The van der Waals surface area contributed by atoms with E-state index in [4.69, 9.17) is 11.6 Å². The van der Waals surface area contributed by atoms with Crippen molar-refractivity contribution in [3.05, 3.63) is 56.8 Å². The molecule has 2 rings (SSSR count). The number of carbonyl (C=O) groups excluding carboxylic acids is 1. The number of benzene rings is 1. The van der Waals surface area contributed by atoms with Gasteiger partial charge in [-0.1, -0.05) is 11.6 Å². The van der Waals surface area contributed by atoms with Crippen molar-refractivity contribution in [2.45, 2.75) is 6.92 Å². The minimum atomic E-state index is 0.00682. The van der Waals surface area contributed by atoms with Gasteiger partial charge in [0.2, 0.25) is 5.78 Å². The molecule has 0 unspecified atom stereocenters. The Labute approximate surface area is 113 Å². The number of nitrogens with zero attached hydrogens (tertiary/aromatic N) is 1. The first-order valence-corrected chi connectivity index (χ1v) is 6.29. The number of hydrogen-bond donors (Lipinski definition) is 0. The predicted octanol–water partition coefficient (Wildman–Crippen LogP) is 3.98. The van der Waals surface area contributed by atoms with Gasteiger partial charge in [-0.3, -0.25) is 4.79 Å². The molecule has 17 heavy (non-hydrogen) atoms. The zero-order valence-corrected chi connectivity index (χ0v) is 11.8. The van der Waals surface area contributed by atoms with Crippen LogP contribution in [0.5, 0.6) is 0 Å². The second kappa shape index (κ2) is 4.67. The standard InChI is InChI=1S/C13H11BrClNO/c1-8-11(14)7-16(2)12(8)13(17)9-3-5-10(15)6-4-9/h3-7H,1-2H3. The van der Waals surface area contributed by atoms with Gasteiger partial charge in [-0.05, 0) is 52.7 Å². The van der Waals surface area contributed by atoms with Crippen molar-refractivity contribution in [1.82, 2.24) is 4.57 Å². The van der Waals surface area contributed by atoms with Crippen LogP contribution in [0.25, 0.3) is 0 Å². The third-order valence-corrected chi connectivity index (χ3v) is 3.75. The van der Waals surface area contributed by atoms with Gasteiger partial charge in [-0.2, -0.15) is 0 Å². The van der Waals surface area contributed by atoms with Crippen molar-refractivity contribution in [2.75, 3.05) is 0 Å². The lowest BCUT2D eigenvalue weighted by Gasteiger charge is -2.04. The van der Waals surface area contributed by atoms with Crippen LogP contribution in [0.2, 0.25) is 5.02 Å². The summed E-state index contributed by atoms with van der Waals surface area (Å²) in [5.74, 6) is 0.00682. The first-order valence-electron chi connectivity index (χ1n) is 5.12. The summed E-state index contributed by atoms with van der Waals surface area (Å²) in [6.45, 7) is 1.92. The highest BCUT2D eigenvalue weighted by molar-refractivity contribution is 9.10. The minimum absolute atomic E-state index is 0.00682. The largest absolute Gasteiger partial charge is 0.346 e. The van der Waals surface area contributed by atoms with E-state index < -0.39 is 0 Å². The monoisotopic (exact) mass is 311 g/mol. The highest BCUT2D eigenvalue weighted by Gasteiger charge is 2.17. The molecule has 88 valence electrons. The van der Waals surface area contributed by atoms with Crippen molar-refractivity contribution in [3.63, 3.8) is 0 Å². The van der Waals surface area contributed by atoms with Crippen molar-refractivity contribution in [3.8, 4) is 0 Å². The maximum absolute atomic E-state index is 12.3. The number of ketones is 1. The summed E-state index contributed by atoms with van der Waals surface area (Å²) in [6.07, 6.45) is 1.89. The molecule has 0 spiro atoms. The van der Waals surface area contributed by atoms with E-state index in [0.29, 0.717) is 16.3 Å². The van der Waals surface area contributed by atoms with Crippen LogP contribution in [-0.4, -0.2) is 10.4 Å². The van der Waals surface area contributed by atoms with Gasteiger partial charge in [0.1, 0.15) is 0 Å². The lowest BCUT2D eigenvalue weighted by Crippen LogP contribution is -2.08. The average molecular weight is 313 g/mol. The van der Waals surface area contributed by atoms with Crippen molar-refractivity contribution in [2.24, 2.45) is 7.05 Å². The third-order valence-electron chi connectivity index (χ3n) is 2.69. The van der Waals surface area contributed by atoms with E-state index in [2.05, 4.69) is 15.9 Å². The molecule has 0 bridgehead atoms. The molecule has 0 fully saturated rings. The Kier molecular flexibility index (Phi) is 3.40. The summed E-state index contributed by atoms with van der Waals surface area (Å²) in [4.78, 5) is 12.3. The van der Waals surface area contributed by atoms with E-state index in [9.17, 15) is 4.79 Å². The Morgan fingerprint density at radius 2 is 1.88 bits per heavy atom. The summed E-state index contributed by atoms with van der Waals surface area (Å²) in [7, 11) is 1.86. The number of aromatic nitrogens is 1. The van der Waals surface area contributed by atoms with Crippen LogP contribution in [0.3, 0.4) is 0 Å². The Balaban J connectivity index is 2.47. The SMILES string of the molecule is Cc1c(Br)cn(C)c1C(=O)c1ccc(Cl)cc1. The Morgan fingerprint density at radius 3 is 2.35 bits per heavy atom. The summed E-state index contributed by atoms with van der Waals surface area (Å²) in [6, 6.07) is 6.93. The molecular weight excluding hydrogens is 302 g/mol. The molecule has 1 aromatic heterocycles. The first kappa shape index (κ1) is 12.4. The van der Waals surface area contributed by atoms with Gasteiger partial charge in [0, 0.05) is 28.3 Å². The number of hydrogen-bond acceptors (Lipinski definition) is 1. The number of halogens is 2. The zero-order chi connectivity index (χ0) is 12.6. The van der Waals surface area contributed by atoms with Gasteiger partial charge < -0.3 is 4.57 Å². The fourth-order valence-corrected chi connectivity index (χ4v) is 2.40. The van der Waals surface area contributed by atoms with Crippen LogP contribution in [-0.2, 0) is 7.05 Å². The van der Waals surface area contributed by atoms with Gasteiger partial charge in [0.15, 0.2) is 0 Å². The van der Waals surface area contributed by atoms with Crippen LogP contribution in [0.15, 0.2) is 34.9 Å². The lowest BCUT2D eigenvalue weighted by molar-refractivity contribution is 0.103. The Hall–Kier alpha value is -1.06. The predicted molar refractivity (Wildman–Crippen MR) is 72.7 cm³/mol. The molecule has 0 atom stereocenters. The molecule has 1 heterocycles. The molecule has 0 N–H and O–H groups in total. The summed E-state index contributed by atoms with van der Waals surface area (Å²) in [5.41, 5.74) is 2.29. The Bertz CT molecular complexity index is 572. The molecule has 1 aromatic carbocycles. The number of carbonyl (C=O) groups is 1. The zero-order valence-electron chi connectivity index (χ0n) is 9.50. The van der Waals surface area contributed by atoms with Gasteiger partial charge in [-0.15, -0.1) is 0 Å². The fourth-order valence-electron chi connectivity index (χ4n) is 1.78. The van der Waals surface area contributed by atoms with Crippen LogP contribution in [0.4, 0.5) is 0 Å². The molecular formula is C13H11BrClNO. The molecule has 0 aliphatic heterocycles. The van der Waals surface area contributed by atoms with E-state index in [1.807, 2.05) is 24.7 Å². The number of aryl methyl sites for hydroxylation is 1. The quantitative estimate of drug-likeness (QED) is 0.769. The molecule has 0 radical (unpaired) electrons. The maximum atomic E-state index is 12.3. The molecule has 0 amide bonds. The molecule has 0 saturated carbocycles. The minimum Gasteiger partial charge on any atom is -0.346 e. The highest BCUT2D eigenvalue weighted by atomic mass is 79.9. The van der Waals surface area contributed by atoms with Gasteiger partial charge in [0.25, 0.3) is 0 Å². The second-order valence-corrected chi connectivity index (χ2v) is 5.19. The highest BCUT2D eigenvalue weighted by Crippen LogP contribution is 2.24. The maximum Gasteiger partial charge on any atom is 0.209 e. The number of rotatable bonds is 2. The van der Waals surface area contributed by atoms with Crippen LogP contribution >= 0.6 is 27.5 Å². The van der Waals surface area contributed by atoms with E-state index in [0.717, 1.165) is 10.0 Å². The molecule has 2 nitrogen and oxygen atoms in total. The molecule has 0 saturated heterocycles. The van der Waals surface area contributed by atoms with Gasteiger partial charge in [0.05, 0.1) is 5.69 Å². The van der Waals surface area contributed by atoms with Crippen LogP contribution < -0.4 is 0 Å². The second-order valence-electron chi connectivity index (χ2n) is 3.90. The van der Waals surface area contributed by atoms with Gasteiger partial charge in [-0.25, -0.2) is 0 Å². The summed E-state index contributed by atoms with van der Waals surface area (Å²) >= 11 is 9.23. The van der Waals surface area contributed by atoms with Crippen LogP contribution in [0, 0.1) is 6.92 Å². The Morgan fingerprint density at radius 1 is 1.29 bits per heavy atom. The van der Waals surface area contributed by atoms with E-state index in [1.54, 1.807) is 24.3 Å². The van der Waals surface area contributed by atoms with Crippen molar-refractivity contribution in [1.29, 1.82) is 0 Å². The summed E-state index contributed by atoms with van der Waals surface area (Å²) < 4.78 is 2.77. The van der Waals surface area contributed by atoms with E-state index >= 15 is 0 Å². The normalized spacial score (nSPS) is 10.6. The van der Waals surface area contributed by atoms with Crippen LogP contribution in [0.1, 0.15) is 21.6 Å². The molecule has 4 heteroatoms. The topological polar surface area (TPSA) is 22.0 Å². The fraction of sp³-hybridized carbons (Fsp3) is 0.154. The third kappa shape index (κ3) is 2.31. The van der Waals surface area contributed by atoms with Gasteiger partial charge >= 0.3 is 0 Å². The van der Waals surface area contributed by atoms with E-state index in [-0.39, 0.29) is 5.78 Å². The average Bonchev–Trinajstić information content (AvgIpc) is 2.53. The summed E-state index contributed by atoms with van der Waals surface area (Å²) in [5, 5.41) is 0.631. The molecule has 2 aromatic rings. The smallest absolute Gasteiger partial charge is 0.209 e. The molecule has 0 aliphatic carbocycles. The first-order chi connectivity index (χ1) is 8.00. The van der Waals surface area contributed by atoms with Crippen molar-refractivity contribution >= 4 is 33.3 Å². The van der Waals surface area contributed by atoms with E-state index in [1.165, 1.54) is 0 Å². The lowest BCUT2D eigenvalue weighted by atomic mass is 10.1. The molecule has 0 aliphatic rings. The van der Waals surface area contributed by atoms with Crippen molar-refractivity contribution < 1.29 is 4.79 Å².